The Kier molecular flexibility index (Phi) is 7.04. The van der Waals surface area contributed by atoms with E-state index in [1.54, 1.807) is 4.68 Å². The maximum Gasteiger partial charge on any atom is 0.350 e. The standard InChI is InChI=1S/C18H33N3O5Si/c1-14-12-15(8-11-24-14)20-13-16(21(22)23)17(19-20)25-9-7-10-26-27(5,6)18(2,3)4/h13-15H,7-12H2,1-6H3/t14-,15-/m0/s1. The van der Waals surface area contributed by atoms with Crippen molar-refractivity contribution in [1.29, 1.82) is 0 Å². The summed E-state index contributed by atoms with van der Waals surface area (Å²) in [5.41, 5.74) is -0.0838. The molecule has 1 aliphatic heterocycles. The van der Waals surface area contributed by atoms with Crippen molar-refractivity contribution in [2.75, 3.05) is 19.8 Å². The first-order valence-corrected chi connectivity index (χ1v) is 12.5. The van der Waals surface area contributed by atoms with Gasteiger partial charge < -0.3 is 13.9 Å². The molecule has 0 radical (unpaired) electrons. The lowest BCUT2D eigenvalue weighted by atomic mass is 10.1. The predicted octanol–water partition coefficient (Wildman–Crippen LogP) is 4.32. The fourth-order valence-corrected chi connectivity index (χ4v) is 3.85. The van der Waals surface area contributed by atoms with Gasteiger partial charge in [-0.2, -0.15) is 0 Å². The number of ether oxygens (including phenoxy) is 2. The molecule has 2 atom stereocenters. The molecule has 2 rings (SSSR count). The second-order valence-electron chi connectivity index (χ2n) is 8.73. The zero-order valence-corrected chi connectivity index (χ0v) is 18.4. The van der Waals surface area contributed by atoms with Crippen molar-refractivity contribution in [3.05, 3.63) is 16.3 Å². The molecule has 1 fully saturated rings. The summed E-state index contributed by atoms with van der Waals surface area (Å²) >= 11 is 0. The minimum Gasteiger partial charge on any atom is -0.472 e. The van der Waals surface area contributed by atoms with Crippen molar-refractivity contribution in [2.24, 2.45) is 0 Å². The topological polar surface area (TPSA) is 88.7 Å². The van der Waals surface area contributed by atoms with Gasteiger partial charge in [-0.1, -0.05) is 20.8 Å². The third-order valence-electron chi connectivity index (χ3n) is 5.50. The maximum atomic E-state index is 11.3. The van der Waals surface area contributed by atoms with Gasteiger partial charge in [-0.3, -0.25) is 14.8 Å². The smallest absolute Gasteiger partial charge is 0.350 e. The second kappa shape index (κ2) is 8.70. The van der Waals surface area contributed by atoms with Gasteiger partial charge >= 0.3 is 11.6 Å². The van der Waals surface area contributed by atoms with Gasteiger partial charge in [0.1, 0.15) is 6.20 Å². The van der Waals surface area contributed by atoms with Crippen LogP contribution in [-0.2, 0) is 9.16 Å². The van der Waals surface area contributed by atoms with Gasteiger partial charge in [0.15, 0.2) is 8.32 Å². The van der Waals surface area contributed by atoms with Crippen LogP contribution in [0.25, 0.3) is 0 Å². The summed E-state index contributed by atoms with van der Waals surface area (Å²) in [6.07, 6.45) is 3.86. The Hall–Kier alpha value is -1.45. The quantitative estimate of drug-likeness (QED) is 0.280. The van der Waals surface area contributed by atoms with Crippen LogP contribution in [0.1, 0.15) is 53.0 Å². The molecule has 2 heterocycles. The lowest BCUT2D eigenvalue weighted by molar-refractivity contribution is -0.386. The molecule has 8 nitrogen and oxygen atoms in total. The van der Waals surface area contributed by atoms with Crippen molar-refractivity contribution < 1.29 is 18.8 Å². The van der Waals surface area contributed by atoms with Crippen molar-refractivity contribution in [1.82, 2.24) is 9.78 Å². The molecular formula is C18H33N3O5Si. The van der Waals surface area contributed by atoms with E-state index in [9.17, 15) is 10.1 Å². The second-order valence-corrected chi connectivity index (χ2v) is 13.5. The highest BCUT2D eigenvalue weighted by molar-refractivity contribution is 6.74. The van der Waals surface area contributed by atoms with E-state index < -0.39 is 13.2 Å². The molecule has 9 heteroatoms. The van der Waals surface area contributed by atoms with E-state index in [0.29, 0.717) is 26.2 Å². The fraction of sp³-hybridized carbons (Fsp3) is 0.833. The van der Waals surface area contributed by atoms with Gasteiger partial charge in [0, 0.05) is 19.6 Å². The Morgan fingerprint density at radius 1 is 1.41 bits per heavy atom. The zero-order valence-electron chi connectivity index (χ0n) is 17.4. The summed E-state index contributed by atoms with van der Waals surface area (Å²) < 4.78 is 18.9. The molecule has 1 aliphatic rings. The summed E-state index contributed by atoms with van der Waals surface area (Å²) in [6.45, 7) is 14.6. The Bertz CT molecular complexity index is 641. The van der Waals surface area contributed by atoms with Gasteiger partial charge in [0.25, 0.3) is 0 Å². The largest absolute Gasteiger partial charge is 0.472 e. The third kappa shape index (κ3) is 5.76. The lowest BCUT2D eigenvalue weighted by Gasteiger charge is -2.36. The molecule has 1 aromatic heterocycles. The number of hydrogen-bond acceptors (Lipinski definition) is 6. The summed E-state index contributed by atoms with van der Waals surface area (Å²) in [5.74, 6) is 0.0893. The van der Waals surface area contributed by atoms with Crippen molar-refractivity contribution in [3.8, 4) is 5.88 Å². The average molecular weight is 400 g/mol. The molecule has 154 valence electrons. The fourth-order valence-electron chi connectivity index (χ4n) is 2.77. The maximum absolute atomic E-state index is 11.3. The molecule has 27 heavy (non-hydrogen) atoms. The highest BCUT2D eigenvalue weighted by atomic mass is 28.4. The molecule has 1 saturated heterocycles. The van der Waals surface area contributed by atoms with Crippen LogP contribution in [0.2, 0.25) is 18.1 Å². The first kappa shape index (κ1) is 21.8. The van der Waals surface area contributed by atoms with E-state index in [4.69, 9.17) is 13.9 Å². The number of nitro groups is 1. The van der Waals surface area contributed by atoms with Crippen molar-refractivity contribution >= 4 is 14.0 Å². The summed E-state index contributed by atoms with van der Waals surface area (Å²) in [4.78, 5) is 10.9. The SMILES string of the molecule is C[C@H]1C[C@@H](n2cc([N+](=O)[O-])c(OCCCO[Si](C)(C)C(C)(C)C)n2)CCO1. The zero-order chi connectivity index (χ0) is 20.2. The molecule has 0 saturated carbocycles. The highest BCUT2D eigenvalue weighted by Crippen LogP contribution is 2.36. The average Bonchev–Trinajstić information content (AvgIpc) is 2.98. The van der Waals surface area contributed by atoms with Crippen LogP contribution in [0.5, 0.6) is 5.88 Å². The summed E-state index contributed by atoms with van der Waals surface area (Å²) in [7, 11) is -1.78. The van der Waals surface area contributed by atoms with Crippen LogP contribution in [0.4, 0.5) is 5.69 Å². The first-order chi connectivity index (χ1) is 12.5. The molecule has 0 spiro atoms. The van der Waals surface area contributed by atoms with E-state index in [-0.39, 0.29) is 28.8 Å². The van der Waals surface area contributed by atoms with Gasteiger partial charge in [-0.15, -0.1) is 5.10 Å². The number of nitrogens with zero attached hydrogens (tertiary/aromatic N) is 3. The van der Waals surface area contributed by atoms with E-state index in [0.717, 1.165) is 12.8 Å². The monoisotopic (exact) mass is 399 g/mol. The molecule has 0 bridgehead atoms. The van der Waals surface area contributed by atoms with Crippen LogP contribution in [0.15, 0.2) is 6.20 Å². The van der Waals surface area contributed by atoms with E-state index in [1.165, 1.54) is 6.20 Å². The summed E-state index contributed by atoms with van der Waals surface area (Å²) in [6, 6.07) is 0.103. The Morgan fingerprint density at radius 3 is 2.70 bits per heavy atom. The molecule has 1 aromatic rings. The number of hydrogen-bond donors (Lipinski definition) is 0. The van der Waals surface area contributed by atoms with Crippen LogP contribution in [0.3, 0.4) is 0 Å². The normalized spacial score (nSPS) is 21.3. The van der Waals surface area contributed by atoms with Crippen molar-refractivity contribution in [2.45, 2.75) is 77.2 Å². The molecule has 0 aliphatic carbocycles. The minimum absolute atomic E-state index is 0.0838. The van der Waals surface area contributed by atoms with E-state index in [2.05, 4.69) is 39.0 Å². The molecular weight excluding hydrogens is 366 g/mol. The first-order valence-electron chi connectivity index (χ1n) is 9.63. The molecule has 0 N–H and O–H groups in total. The highest BCUT2D eigenvalue weighted by Gasteiger charge is 2.36. The van der Waals surface area contributed by atoms with Crippen LogP contribution < -0.4 is 4.74 Å². The van der Waals surface area contributed by atoms with Crippen LogP contribution in [0, 0.1) is 10.1 Å². The molecule has 0 unspecified atom stereocenters. The van der Waals surface area contributed by atoms with Crippen molar-refractivity contribution in [3.63, 3.8) is 0 Å². The summed E-state index contributed by atoms with van der Waals surface area (Å²) in [5, 5.41) is 15.8. The van der Waals surface area contributed by atoms with Gasteiger partial charge in [0.2, 0.25) is 0 Å². The Balaban J connectivity index is 1.91. The van der Waals surface area contributed by atoms with E-state index >= 15 is 0 Å². The lowest BCUT2D eigenvalue weighted by Crippen LogP contribution is -2.41. The molecule has 0 amide bonds. The third-order valence-corrected chi connectivity index (χ3v) is 10.0. The minimum atomic E-state index is -1.78. The van der Waals surface area contributed by atoms with Crippen LogP contribution >= 0.6 is 0 Å². The van der Waals surface area contributed by atoms with Gasteiger partial charge in [0.05, 0.1) is 23.7 Å². The van der Waals surface area contributed by atoms with Gasteiger partial charge in [-0.25, -0.2) is 0 Å². The Morgan fingerprint density at radius 2 is 2.11 bits per heavy atom. The predicted molar refractivity (Wildman–Crippen MR) is 106 cm³/mol. The molecule has 0 aromatic carbocycles. The van der Waals surface area contributed by atoms with E-state index in [1.807, 2.05) is 6.92 Å². The number of aromatic nitrogens is 2. The Labute approximate surface area is 162 Å². The van der Waals surface area contributed by atoms with Crippen LogP contribution in [-0.4, -0.2) is 48.9 Å². The van der Waals surface area contributed by atoms with Gasteiger partial charge in [-0.05, 0) is 37.9 Å². The number of rotatable bonds is 8.